The number of hydrogen-bond donors (Lipinski definition) is 1. The van der Waals surface area contributed by atoms with E-state index < -0.39 is 11.9 Å². The summed E-state index contributed by atoms with van der Waals surface area (Å²) in [5.41, 5.74) is 3.87. The molecule has 0 saturated heterocycles. The molecule has 0 spiro atoms. The van der Waals surface area contributed by atoms with Gasteiger partial charge in [-0.3, -0.25) is 4.79 Å². The average molecular weight is 280 g/mol. The molecule has 1 aliphatic heterocycles. The molecule has 1 atom stereocenters. The fourth-order valence-corrected chi connectivity index (χ4v) is 2.39. The smallest absolute Gasteiger partial charge is 0.310 e. The van der Waals surface area contributed by atoms with Crippen LogP contribution in [0.5, 0.6) is 11.5 Å². The fraction of sp³-hybridized carbons (Fsp3) is 0.167. The van der Waals surface area contributed by atoms with E-state index in [9.17, 15) is 4.79 Å². The molecule has 2 aromatic carbocycles. The van der Waals surface area contributed by atoms with Gasteiger partial charge in [0, 0.05) is 11.1 Å². The molecule has 2 aromatic rings. The zero-order valence-electron chi connectivity index (χ0n) is 12.0. The second-order valence-electron chi connectivity index (χ2n) is 5.33. The third kappa shape index (κ3) is 2.55. The Morgan fingerprint density at radius 1 is 1.05 bits per heavy atom. The number of rotatable bonds is 2. The molecule has 106 valence electrons. The van der Waals surface area contributed by atoms with Crippen molar-refractivity contribution < 1.29 is 14.6 Å². The molecule has 0 aromatic heterocycles. The molecule has 0 fully saturated rings. The number of carboxylic acid groups (broad SMARTS) is 1. The van der Waals surface area contributed by atoms with E-state index in [4.69, 9.17) is 9.84 Å². The SMILES string of the molecule is Cc1ccc2c(c1)C=Cc1cc([C@H](C)C(=O)O)ccc1O2. The van der Waals surface area contributed by atoms with Crippen molar-refractivity contribution in [2.24, 2.45) is 0 Å². The summed E-state index contributed by atoms with van der Waals surface area (Å²) in [6.45, 7) is 3.72. The third-order valence-corrected chi connectivity index (χ3v) is 3.73. The van der Waals surface area contributed by atoms with Crippen LogP contribution < -0.4 is 4.74 Å². The summed E-state index contributed by atoms with van der Waals surface area (Å²) in [6, 6.07) is 11.6. The summed E-state index contributed by atoms with van der Waals surface area (Å²) in [4.78, 5) is 11.1. The Balaban J connectivity index is 2.04. The van der Waals surface area contributed by atoms with Gasteiger partial charge in [-0.1, -0.05) is 29.8 Å². The molecule has 0 unspecified atom stereocenters. The highest BCUT2D eigenvalue weighted by molar-refractivity contribution is 5.80. The first-order valence-electron chi connectivity index (χ1n) is 6.88. The van der Waals surface area contributed by atoms with Gasteiger partial charge >= 0.3 is 5.97 Å². The highest BCUT2D eigenvalue weighted by Crippen LogP contribution is 2.35. The van der Waals surface area contributed by atoms with Crippen LogP contribution in [0.25, 0.3) is 12.2 Å². The number of aryl methyl sites for hydroxylation is 1. The lowest BCUT2D eigenvalue weighted by Crippen LogP contribution is -2.07. The van der Waals surface area contributed by atoms with Gasteiger partial charge in [0.25, 0.3) is 0 Å². The second-order valence-corrected chi connectivity index (χ2v) is 5.33. The number of carboxylic acids is 1. The fourth-order valence-electron chi connectivity index (χ4n) is 2.39. The first-order valence-corrected chi connectivity index (χ1v) is 6.88. The Morgan fingerprint density at radius 3 is 2.33 bits per heavy atom. The Hall–Kier alpha value is -2.55. The minimum Gasteiger partial charge on any atom is -0.481 e. The normalized spacial score (nSPS) is 13.6. The molecule has 21 heavy (non-hydrogen) atoms. The van der Waals surface area contributed by atoms with Gasteiger partial charge in [0.1, 0.15) is 11.5 Å². The van der Waals surface area contributed by atoms with E-state index in [0.717, 1.165) is 28.2 Å². The molecule has 0 bridgehead atoms. The van der Waals surface area contributed by atoms with Crippen LogP contribution in [0.4, 0.5) is 0 Å². The van der Waals surface area contributed by atoms with Crippen molar-refractivity contribution >= 4 is 18.1 Å². The number of hydrogen-bond acceptors (Lipinski definition) is 2. The lowest BCUT2D eigenvalue weighted by molar-refractivity contribution is -0.138. The van der Waals surface area contributed by atoms with Gasteiger partial charge in [-0.05, 0) is 43.7 Å². The molecule has 3 rings (SSSR count). The lowest BCUT2D eigenvalue weighted by Gasteiger charge is -2.12. The minimum atomic E-state index is -0.826. The van der Waals surface area contributed by atoms with Crippen molar-refractivity contribution in [2.75, 3.05) is 0 Å². The zero-order chi connectivity index (χ0) is 15.0. The standard InChI is InChI=1S/C18H16O3/c1-11-3-7-16-14(9-11)4-5-15-10-13(12(2)18(19)20)6-8-17(15)21-16/h3-10,12H,1-2H3,(H,19,20)/t12-/m0/s1. The highest BCUT2D eigenvalue weighted by atomic mass is 16.5. The zero-order valence-corrected chi connectivity index (χ0v) is 12.0. The summed E-state index contributed by atoms with van der Waals surface area (Å²) in [5, 5.41) is 9.12. The predicted molar refractivity (Wildman–Crippen MR) is 82.7 cm³/mol. The number of carbonyl (C=O) groups is 1. The maximum absolute atomic E-state index is 11.1. The number of benzene rings is 2. The van der Waals surface area contributed by atoms with Crippen LogP contribution in [-0.4, -0.2) is 11.1 Å². The number of ether oxygens (including phenoxy) is 1. The third-order valence-electron chi connectivity index (χ3n) is 3.73. The van der Waals surface area contributed by atoms with Crippen LogP contribution in [0.3, 0.4) is 0 Å². The Kier molecular flexibility index (Phi) is 3.26. The van der Waals surface area contributed by atoms with Crippen LogP contribution in [0, 0.1) is 6.92 Å². The molecule has 0 radical (unpaired) electrons. The van der Waals surface area contributed by atoms with E-state index in [1.807, 2.05) is 49.4 Å². The molecular formula is C18H16O3. The van der Waals surface area contributed by atoms with E-state index in [-0.39, 0.29) is 0 Å². The maximum atomic E-state index is 11.1. The van der Waals surface area contributed by atoms with Gasteiger partial charge in [0.05, 0.1) is 5.92 Å². The van der Waals surface area contributed by atoms with E-state index in [1.165, 1.54) is 5.56 Å². The monoisotopic (exact) mass is 280 g/mol. The first kappa shape index (κ1) is 13.4. The van der Waals surface area contributed by atoms with Crippen molar-refractivity contribution in [1.29, 1.82) is 0 Å². The number of fused-ring (bicyclic) bond motifs is 2. The average Bonchev–Trinajstić information content (AvgIpc) is 2.64. The second kappa shape index (κ2) is 5.09. The molecule has 3 heteroatoms. The Morgan fingerprint density at radius 2 is 1.67 bits per heavy atom. The predicted octanol–water partition coefficient (Wildman–Crippen LogP) is 4.46. The molecule has 1 aliphatic rings. The summed E-state index contributed by atoms with van der Waals surface area (Å²) < 4.78 is 5.94. The molecule has 0 saturated carbocycles. The summed E-state index contributed by atoms with van der Waals surface area (Å²) in [6.07, 6.45) is 3.97. The van der Waals surface area contributed by atoms with E-state index in [1.54, 1.807) is 6.92 Å². The van der Waals surface area contributed by atoms with Crippen LogP contribution in [0.2, 0.25) is 0 Å². The van der Waals surface area contributed by atoms with Gasteiger partial charge in [0.2, 0.25) is 0 Å². The first-order chi connectivity index (χ1) is 10.0. The van der Waals surface area contributed by atoms with Crippen LogP contribution in [-0.2, 0) is 4.79 Å². The van der Waals surface area contributed by atoms with Crippen LogP contribution in [0.15, 0.2) is 36.4 Å². The molecular weight excluding hydrogens is 264 g/mol. The quantitative estimate of drug-likeness (QED) is 0.754. The Bertz CT molecular complexity index is 744. The van der Waals surface area contributed by atoms with E-state index in [2.05, 4.69) is 6.07 Å². The van der Waals surface area contributed by atoms with Crippen molar-refractivity contribution in [3.8, 4) is 11.5 Å². The summed E-state index contributed by atoms with van der Waals surface area (Å²) in [5.74, 6) is 0.203. The van der Waals surface area contributed by atoms with Gasteiger partial charge in [-0.15, -0.1) is 0 Å². The molecule has 1 N–H and O–H groups in total. The van der Waals surface area contributed by atoms with E-state index in [0.29, 0.717) is 0 Å². The summed E-state index contributed by atoms with van der Waals surface area (Å²) in [7, 11) is 0. The molecule has 1 heterocycles. The van der Waals surface area contributed by atoms with Crippen molar-refractivity contribution in [2.45, 2.75) is 19.8 Å². The Labute approximate surface area is 123 Å². The van der Waals surface area contributed by atoms with Gasteiger partial charge < -0.3 is 9.84 Å². The van der Waals surface area contributed by atoms with E-state index >= 15 is 0 Å². The van der Waals surface area contributed by atoms with Crippen LogP contribution in [0.1, 0.15) is 35.1 Å². The minimum absolute atomic E-state index is 0.531. The lowest BCUT2D eigenvalue weighted by atomic mass is 9.98. The van der Waals surface area contributed by atoms with Crippen molar-refractivity contribution in [3.63, 3.8) is 0 Å². The molecule has 0 aliphatic carbocycles. The van der Waals surface area contributed by atoms with Crippen LogP contribution >= 0.6 is 0 Å². The van der Waals surface area contributed by atoms with Crippen molar-refractivity contribution in [1.82, 2.24) is 0 Å². The maximum Gasteiger partial charge on any atom is 0.310 e. The molecule has 3 nitrogen and oxygen atoms in total. The van der Waals surface area contributed by atoms with Gasteiger partial charge in [-0.2, -0.15) is 0 Å². The topological polar surface area (TPSA) is 46.5 Å². The summed E-state index contributed by atoms with van der Waals surface area (Å²) >= 11 is 0. The van der Waals surface area contributed by atoms with Crippen molar-refractivity contribution in [3.05, 3.63) is 58.7 Å². The largest absolute Gasteiger partial charge is 0.481 e. The molecule has 0 amide bonds. The highest BCUT2D eigenvalue weighted by Gasteiger charge is 2.17. The van der Waals surface area contributed by atoms with Gasteiger partial charge in [-0.25, -0.2) is 0 Å². The van der Waals surface area contributed by atoms with Gasteiger partial charge in [0.15, 0.2) is 0 Å². The number of aliphatic carboxylic acids is 1.